The molecule has 0 spiro atoms. The van der Waals surface area contributed by atoms with E-state index >= 15 is 0 Å². The molecule has 49 heavy (non-hydrogen) atoms. The average molecular weight is 695 g/mol. The Morgan fingerprint density at radius 1 is 0.388 bits per heavy atom. The van der Waals surface area contributed by atoms with Gasteiger partial charge in [0.25, 0.3) is 0 Å². The van der Waals surface area contributed by atoms with Gasteiger partial charge < -0.3 is 14.2 Å². The van der Waals surface area contributed by atoms with Gasteiger partial charge in [0.05, 0.1) is 5.92 Å². The minimum atomic E-state index is -0.773. The third-order valence-electron chi connectivity index (χ3n) is 9.58. The number of esters is 3. The predicted octanol–water partition coefficient (Wildman–Crippen LogP) is 13.2. The van der Waals surface area contributed by atoms with E-state index < -0.39 is 6.10 Å². The highest BCUT2D eigenvalue weighted by molar-refractivity contribution is 5.72. The van der Waals surface area contributed by atoms with E-state index in [1.165, 1.54) is 154 Å². The Morgan fingerprint density at radius 3 is 0.878 bits per heavy atom. The Bertz CT molecular complexity index is 686. The standard InChI is InChI=1S/C43H82O6/c1-5-7-9-11-13-15-17-19-21-23-25-27-29-31-33-35-41(44)47-37-40(49-43(46)39(3)4)38-48-42(45)36-34-32-30-28-26-24-22-20-18-16-14-12-10-8-6-2/h39-40H,5-38H2,1-4H3. The third kappa shape index (κ3) is 36.0. The first kappa shape index (κ1) is 47.4. The Morgan fingerprint density at radius 2 is 0.633 bits per heavy atom. The van der Waals surface area contributed by atoms with Gasteiger partial charge in [-0.1, -0.05) is 207 Å². The molecule has 6 nitrogen and oxygen atoms in total. The fourth-order valence-corrected chi connectivity index (χ4v) is 6.21. The highest BCUT2D eigenvalue weighted by atomic mass is 16.6. The second-order valence-electron chi connectivity index (χ2n) is 15.0. The van der Waals surface area contributed by atoms with E-state index in [-0.39, 0.29) is 37.0 Å². The van der Waals surface area contributed by atoms with Crippen LogP contribution in [0.3, 0.4) is 0 Å². The zero-order valence-corrected chi connectivity index (χ0v) is 33.1. The van der Waals surface area contributed by atoms with Crippen molar-refractivity contribution >= 4 is 17.9 Å². The minimum Gasteiger partial charge on any atom is -0.462 e. The lowest BCUT2D eigenvalue weighted by molar-refractivity contribution is -0.169. The summed E-state index contributed by atoms with van der Waals surface area (Å²) in [6.07, 6.45) is 38.4. The van der Waals surface area contributed by atoms with Crippen molar-refractivity contribution in [3.8, 4) is 0 Å². The molecule has 6 heteroatoms. The molecule has 290 valence electrons. The number of rotatable bonds is 38. The van der Waals surface area contributed by atoms with Crippen molar-refractivity contribution in [3.05, 3.63) is 0 Å². The smallest absolute Gasteiger partial charge is 0.308 e. The lowest BCUT2D eigenvalue weighted by Crippen LogP contribution is -2.32. The van der Waals surface area contributed by atoms with Crippen molar-refractivity contribution in [3.63, 3.8) is 0 Å². The van der Waals surface area contributed by atoms with Gasteiger partial charge in [-0.15, -0.1) is 0 Å². The van der Waals surface area contributed by atoms with E-state index in [0.717, 1.165) is 38.5 Å². The van der Waals surface area contributed by atoms with Crippen molar-refractivity contribution in [1.29, 1.82) is 0 Å². The van der Waals surface area contributed by atoms with Crippen molar-refractivity contribution < 1.29 is 28.6 Å². The highest BCUT2D eigenvalue weighted by Crippen LogP contribution is 2.16. The molecule has 0 N–H and O–H groups in total. The van der Waals surface area contributed by atoms with Gasteiger partial charge in [-0.25, -0.2) is 0 Å². The monoisotopic (exact) mass is 695 g/mol. The molecule has 0 aliphatic rings. The van der Waals surface area contributed by atoms with Crippen LogP contribution in [0.5, 0.6) is 0 Å². The van der Waals surface area contributed by atoms with E-state index in [1.807, 2.05) is 0 Å². The van der Waals surface area contributed by atoms with Crippen LogP contribution in [0.15, 0.2) is 0 Å². The van der Waals surface area contributed by atoms with Crippen molar-refractivity contribution in [1.82, 2.24) is 0 Å². The highest BCUT2D eigenvalue weighted by Gasteiger charge is 2.21. The molecule has 0 aromatic carbocycles. The van der Waals surface area contributed by atoms with Gasteiger partial charge >= 0.3 is 17.9 Å². The molecule has 0 heterocycles. The maximum Gasteiger partial charge on any atom is 0.308 e. The minimum absolute atomic E-state index is 0.0811. The normalized spacial score (nSPS) is 11.4. The molecular formula is C43H82O6. The fraction of sp³-hybridized carbons (Fsp3) is 0.930. The molecule has 0 radical (unpaired) electrons. The van der Waals surface area contributed by atoms with E-state index in [9.17, 15) is 14.4 Å². The van der Waals surface area contributed by atoms with Gasteiger partial charge in [0, 0.05) is 12.8 Å². The van der Waals surface area contributed by atoms with Crippen molar-refractivity contribution in [2.24, 2.45) is 5.92 Å². The summed E-state index contributed by atoms with van der Waals surface area (Å²) >= 11 is 0. The molecular weight excluding hydrogens is 612 g/mol. The van der Waals surface area contributed by atoms with Crippen molar-refractivity contribution in [2.75, 3.05) is 13.2 Å². The van der Waals surface area contributed by atoms with Gasteiger partial charge in [-0.2, -0.15) is 0 Å². The molecule has 0 aromatic heterocycles. The number of hydrogen-bond donors (Lipinski definition) is 0. The molecule has 0 unspecified atom stereocenters. The second kappa shape index (κ2) is 37.7. The maximum absolute atomic E-state index is 12.3. The Balaban J connectivity index is 3.87. The zero-order valence-electron chi connectivity index (χ0n) is 33.1. The topological polar surface area (TPSA) is 78.9 Å². The largest absolute Gasteiger partial charge is 0.462 e. The Labute approximate surface area is 304 Å². The molecule has 0 fully saturated rings. The summed E-state index contributed by atoms with van der Waals surface area (Å²) in [6, 6.07) is 0. The second-order valence-corrected chi connectivity index (χ2v) is 15.0. The van der Waals surface area contributed by atoms with Gasteiger partial charge in [0.1, 0.15) is 13.2 Å². The van der Waals surface area contributed by atoms with Crippen LogP contribution in [-0.4, -0.2) is 37.2 Å². The molecule has 0 saturated heterocycles. The molecule has 0 aromatic rings. The van der Waals surface area contributed by atoms with Crippen LogP contribution in [0.1, 0.15) is 233 Å². The summed E-state index contributed by atoms with van der Waals surface area (Å²) in [4.78, 5) is 36.9. The van der Waals surface area contributed by atoms with E-state index in [1.54, 1.807) is 13.8 Å². The van der Waals surface area contributed by atoms with E-state index in [4.69, 9.17) is 14.2 Å². The van der Waals surface area contributed by atoms with Crippen LogP contribution < -0.4 is 0 Å². The van der Waals surface area contributed by atoms with Crippen LogP contribution in [0, 0.1) is 5.92 Å². The SMILES string of the molecule is CCCCCCCCCCCCCCCCCC(=O)OCC(COC(=O)CCCCCCCCCCCCCCCCC)OC(=O)C(C)C. The number of unbranched alkanes of at least 4 members (excludes halogenated alkanes) is 28. The average Bonchev–Trinajstić information content (AvgIpc) is 3.09. The summed E-state index contributed by atoms with van der Waals surface area (Å²) in [7, 11) is 0. The van der Waals surface area contributed by atoms with Crippen LogP contribution in [0.25, 0.3) is 0 Å². The molecule has 0 bridgehead atoms. The first-order valence-corrected chi connectivity index (χ1v) is 21.4. The van der Waals surface area contributed by atoms with E-state index in [2.05, 4.69) is 13.8 Å². The molecule has 0 atom stereocenters. The lowest BCUT2D eigenvalue weighted by Gasteiger charge is -2.19. The molecule has 0 rings (SSSR count). The van der Waals surface area contributed by atoms with Gasteiger partial charge in [0.2, 0.25) is 0 Å². The predicted molar refractivity (Wildman–Crippen MR) is 206 cm³/mol. The first-order valence-electron chi connectivity index (χ1n) is 21.4. The molecule has 0 amide bonds. The summed E-state index contributed by atoms with van der Waals surface area (Å²) < 4.78 is 16.3. The number of ether oxygens (including phenoxy) is 3. The zero-order chi connectivity index (χ0) is 36.0. The molecule has 0 aliphatic carbocycles. The number of carbonyl (C=O) groups excluding carboxylic acids is 3. The molecule has 0 aliphatic heterocycles. The quantitative estimate of drug-likeness (QED) is 0.0364. The number of carbonyl (C=O) groups is 3. The molecule has 0 saturated carbocycles. The van der Waals surface area contributed by atoms with Crippen LogP contribution in [0.2, 0.25) is 0 Å². The third-order valence-corrected chi connectivity index (χ3v) is 9.58. The van der Waals surface area contributed by atoms with Gasteiger partial charge in [-0.3, -0.25) is 14.4 Å². The van der Waals surface area contributed by atoms with Gasteiger partial charge in [-0.05, 0) is 12.8 Å². The Hall–Kier alpha value is -1.59. The van der Waals surface area contributed by atoms with Crippen LogP contribution in [-0.2, 0) is 28.6 Å². The first-order chi connectivity index (χ1) is 23.9. The van der Waals surface area contributed by atoms with E-state index in [0.29, 0.717) is 12.8 Å². The van der Waals surface area contributed by atoms with Crippen LogP contribution >= 0.6 is 0 Å². The maximum atomic E-state index is 12.3. The summed E-state index contributed by atoms with van der Waals surface area (Å²) in [5.74, 6) is -1.27. The summed E-state index contributed by atoms with van der Waals surface area (Å²) in [6.45, 7) is 7.88. The summed E-state index contributed by atoms with van der Waals surface area (Å²) in [5.41, 5.74) is 0. The van der Waals surface area contributed by atoms with Crippen molar-refractivity contribution in [2.45, 2.75) is 239 Å². The fourth-order valence-electron chi connectivity index (χ4n) is 6.21. The Kier molecular flexibility index (Phi) is 36.4. The van der Waals surface area contributed by atoms with Gasteiger partial charge in [0.15, 0.2) is 6.10 Å². The van der Waals surface area contributed by atoms with Crippen LogP contribution in [0.4, 0.5) is 0 Å². The summed E-state index contributed by atoms with van der Waals surface area (Å²) in [5, 5.41) is 0. The number of hydrogen-bond acceptors (Lipinski definition) is 6. The lowest BCUT2D eigenvalue weighted by atomic mass is 10.0.